The number of phenolic OH excluding ortho intramolecular Hbond substituents is 1. The Kier molecular flexibility index (Phi) is 8.51. The maximum atomic E-state index is 9.88. The van der Waals surface area contributed by atoms with E-state index in [4.69, 9.17) is 19.9 Å². The molecule has 3 aromatic carbocycles. The second-order valence-electron chi connectivity index (χ2n) is 11.2. The second-order valence-corrected chi connectivity index (χ2v) is 11.2. The van der Waals surface area contributed by atoms with Gasteiger partial charge in [0.25, 0.3) is 0 Å². The van der Waals surface area contributed by atoms with E-state index in [9.17, 15) is 5.11 Å². The Hall–Kier alpha value is -3.38. The summed E-state index contributed by atoms with van der Waals surface area (Å²) in [5, 5.41) is 13.6. The van der Waals surface area contributed by atoms with Crippen LogP contribution in [0.15, 0.2) is 54.6 Å². The Morgan fingerprint density at radius 1 is 0.949 bits per heavy atom. The number of aromatic hydroxyl groups is 1. The van der Waals surface area contributed by atoms with Crippen LogP contribution in [-0.4, -0.2) is 38.0 Å². The molecule has 0 saturated heterocycles. The molecule has 2 aliphatic rings. The number of hydrogen-bond acceptors (Lipinski definition) is 6. The minimum Gasteiger partial charge on any atom is -0.508 e. The fourth-order valence-corrected chi connectivity index (χ4v) is 6.11. The molecule has 0 radical (unpaired) electrons. The molecule has 3 aromatic rings. The van der Waals surface area contributed by atoms with E-state index in [1.54, 1.807) is 20.3 Å². The van der Waals surface area contributed by atoms with Crippen LogP contribution in [0.1, 0.15) is 66.7 Å². The summed E-state index contributed by atoms with van der Waals surface area (Å²) in [6.45, 7) is 1.45. The lowest BCUT2D eigenvalue weighted by molar-refractivity contribution is 0.220. The first-order valence-electron chi connectivity index (χ1n) is 14.3. The number of rotatable bonds is 11. The number of nitrogens with two attached hydrogens (primary N) is 1. The summed E-state index contributed by atoms with van der Waals surface area (Å²) in [5.74, 6) is 3.10. The second kappa shape index (κ2) is 12.2. The predicted octanol–water partition coefficient (Wildman–Crippen LogP) is 6.38. The Balaban J connectivity index is 1.20. The number of methoxy groups -OCH3 is 2. The third-order valence-electron chi connectivity index (χ3n) is 8.42. The molecule has 1 unspecified atom stereocenters. The molecule has 1 atom stereocenters. The molecule has 5 rings (SSSR count). The van der Waals surface area contributed by atoms with Crippen LogP contribution in [0, 0.1) is 0 Å². The summed E-state index contributed by atoms with van der Waals surface area (Å²) < 4.78 is 17.3. The molecule has 0 heterocycles. The van der Waals surface area contributed by atoms with Gasteiger partial charge in [-0.2, -0.15) is 0 Å². The first kappa shape index (κ1) is 27.2. The zero-order valence-corrected chi connectivity index (χ0v) is 23.3. The van der Waals surface area contributed by atoms with Crippen molar-refractivity contribution in [3.05, 3.63) is 76.9 Å². The van der Waals surface area contributed by atoms with Crippen LogP contribution in [0.4, 0.5) is 5.69 Å². The van der Waals surface area contributed by atoms with Crippen molar-refractivity contribution in [2.24, 2.45) is 5.73 Å². The molecule has 0 bridgehead atoms. The number of fused-ring (bicyclic) bond motifs is 1. The van der Waals surface area contributed by atoms with Gasteiger partial charge in [0.1, 0.15) is 18.1 Å². The van der Waals surface area contributed by atoms with E-state index >= 15 is 0 Å². The highest BCUT2D eigenvalue weighted by Crippen LogP contribution is 2.42. The van der Waals surface area contributed by atoms with E-state index in [-0.39, 0.29) is 5.54 Å². The standard InChI is InChI=1S/C33H42N2O4/c1-37-31-20-29(26-10-9-25-19-27(36)12-11-24(25)18-26)30(21-32(31)38-2)35-17-5-6-23-7-13-28(14-8-23)39-22-33(34)15-3-4-16-33/h7-8,11-14,19-21,26,35-36H,3-6,9-10,15-18,22,34H2,1-2H3. The number of anilines is 1. The number of hydrogen-bond donors (Lipinski definition) is 3. The summed E-state index contributed by atoms with van der Waals surface area (Å²) in [5.41, 5.74) is 12.5. The zero-order valence-electron chi connectivity index (χ0n) is 23.3. The average Bonchev–Trinajstić information content (AvgIpc) is 3.40. The highest BCUT2D eigenvalue weighted by Gasteiger charge is 2.30. The van der Waals surface area contributed by atoms with Gasteiger partial charge in [0, 0.05) is 18.3 Å². The van der Waals surface area contributed by atoms with Gasteiger partial charge in [0.2, 0.25) is 0 Å². The fourth-order valence-electron chi connectivity index (χ4n) is 6.11. The third-order valence-corrected chi connectivity index (χ3v) is 8.42. The molecule has 6 nitrogen and oxygen atoms in total. The molecule has 6 heteroatoms. The quantitative estimate of drug-likeness (QED) is 0.250. The topological polar surface area (TPSA) is 86.0 Å². The number of phenols is 1. The third kappa shape index (κ3) is 6.62. The normalized spacial score (nSPS) is 17.9. The number of ether oxygens (including phenoxy) is 3. The highest BCUT2D eigenvalue weighted by atomic mass is 16.5. The molecule has 39 heavy (non-hydrogen) atoms. The molecule has 1 fully saturated rings. The van der Waals surface area contributed by atoms with Gasteiger partial charge in [-0.15, -0.1) is 0 Å². The van der Waals surface area contributed by atoms with Crippen molar-refractivity contribution in [3.8, 4) is 23.0 Å². The predicted molar refractivity (Wildman–Crippen MR) is 157 cm³/mol. The summed E-state index contributed by atoms with van der Waals surface area (Å²) >= 11 is 0. The molecule has 0 aliphatic heterocycles. The Morgan fingerprint density at radius 2 is 1.69 bits per heavy atom. The SMILES string of the molecule is COc1cc(NCCCc2ccc(OCC3(N)CCCC3)cc2)c(C2CCc3cc(O)ccc3C2)cc1OC. The van der Waals surface area contributed by atoms with Crippen LogP contribution >= 0.6 is 0 Å². The van der Waals surface area contributed by atoms with Crippen molar-refractivity contribution >= 4 is 5.69 Å². The molecular formula is C33H42N2O4. The van der Waals surface area contributed by atoms with Crippen LogP contribution < -0.4 is 25.3 Å². The minimum absolute atomic E-state index is 0.155. The lowest BCUT2D eigenvalue weighted by atomic mass is 9.79. The van der Waals surface area contributed by atoms with Crippen molar-refractivity contribution in [1.82, 2.24) is 0 Å². The highest BCUT2D eigenvalue weighted by molar-refractivity contribution is 5.62. The molecule has 0 amide bonds. The van der Waals surface area contributed by atoms with Crippen LogP contribution in [-0.2, 0) is 19.3 Å². The van der Waals surface area contributed by atoms with Crippen molar-refractivity contribution in [1.29, 1.82) is 0 Å². The van der Waals surface area contributed by atoms with E-state index < -0.39 is 0 Å². The maximum absolute atomic E-state index is 9.88. The smallest absolute Gasteiger partial charge is 0.162 e. The monoisotopic (exact) mass is 530 g/mol. The van der Waals surface area contributed by atoms with E-state index in [0.29, 0.717) is 18.3 Å². The summed E-state index contributed by atoms with van der Waals surface area (Å²) in [7, 11) is 3.37. The van der Waals surface area contributed by atoms with Gasteiger partial charge in [-0.3, -0.25) is 0 Å². The molecule has 0 spiro atoms. The van der Waals surface area contributed by atoms with E-state index in [2.05, 4.69) is 47.8 Å². The molecular weight excluding hydrogens is 488 g/mol. The van der Waals surface area contributed by atoms with Gasteiger partial charge >= 0.3 is 0 Å². The lowest BCUT2D eigenvalue weighted by Gasteiger charge is -2.28. The zero-order chi connectivity index (χ0) is 27.2. The lowest BCUT2D eigenvalue weighted by Crippen LogP contribution is -2.42. The van der Waals surface area contributed by atoms with Crippen LogP contribution in [0.3, 0.4) is 0 Å². The van der Waals surface area contributed by atoms with Gasteiger partial charge in [0.05, 0.1) is 19.8 Å². The largest absolute Gasteiger partial charge is 0.508 e. The molecule has 1 saturated carbocycles. The van der Waals surface area contributed by atoms with E-state index in [0.717, 1.165) is 74.4 Å². The van der Waals surface area contributed by atoms with Crippen LogP contribution in [0.5, 0.6) is 23.0 Å². The molecule has 2 aliphatic carbocycles. The van der Waals surface area contributed by atoms with Gasteiger partial charge in [-0.25, -0.2) is 0 Å². The van der Waals surface area contributed by atoms with E-state index in [1.165, 1.54) is 35.1 Å². The van der Waals surface area contributed by atoms with Crippen LogP contribution in [0.2, 0.25) is 0 Å². The van der Waals surface area contributed by atoms with Gasteiger partial charge < -0.3 is 30.4 Å². The number of benzene rings is 3. The average molecular weight is 531 g/mol. The maximum Gasteiger partial charge on any atom is 0.162 e. The Morgan fingerprint density at radius 3 is 2.44 bits per heavy atom. The van der Waals surface area contributed by atoms with Gasteiger partial charge in [0.15, 0.2) is 11.5 Å². The molecule has 208 valence electrons. The summed E-state index contributed by atoms with van der Waals surface area (Å²) in [4.78, 5) is 0. The van der Waals surface area contributed by atoms with E-state index in [1.807, 2.05) is 6.07 Å². The van der Waals surface area contributed by atoms with Gasteiger partial charge in [-0.1, -0.05) is 31.0 Å². The number of aryl methyl sites for hydroxylation is 2. The van der Waals surface area contributed by atoms with Crippen molar-refractivity contribution in [2.45, 2.75) is 69.2 Å². The van der Waals surface area contributed by atoms with Crippen molar-refractivity contribution in [3.63, 3.8) is 0 Å². The molecule has 4 N–H and O–H groups in total. The van der Waals surface area contributed by atoms with Crippen molar-refractivity contribution < 1.29 is 19.3 Å². The van der Waals surface area contributed by atoms with Crippen LogP contribution in [0.25, 0.3) is 0 Å². The molecule has 0 aromatic heterocycles. The summed E-state index contributed by atoms with van der Waals surface area (Å²) in [6, 6.07) is 18.4. The number of nitrogens with one attached hydrogen (secondary N) is 1. The summed E-state index contributed by atoms with van der Waals surface area (Å²) in [6.07, 6.45) is 9.43. The minimum atomic E-state index is -0.155. The first-order valence-corrected chi connectivity index (χ1v) is 14.3. The Bertz CT molecular complexity index is 1250. The Labute approximate surface area is 232 Å². The van der Waals surface area contributed by atoms with Gasteiger partial charge in [-0.05, 0) is 103 Å². The fraction of sp³-hybridized carbons (Fsp3) is 0.455. The van der Waals surface area contributed by atoms with Crippen molar-refractivity contribution in [2.75, 3.05) is 32.7 Å². The first-order chi connectivity index (χ1) is 19.0.